The van der Waals surface area contributed by atoms with E-state index in [-0.39, 0.29) is 28.5 Å². The van der Waals surface area contributed by atoms with E-state index in [1.54, 1.807) is 0 Å². The average molecular weight is 933 g/mol. The van der Waals surface area contributed by atoms with E-state index in [1.165, 1.54) is 140 Å². The molecule has 0 unspecified atom stereocenters. The molecule has 0 bridgehead atoms. The van der Waals surface area contributed by atoms with Crippen LogP contribution in [-0.4, -0.2) is 11.3 Å². The zero-order valence-electron chi connectivity index (χ0n) is 44.1. The van der Waals surface area contributed by atoms with Gasteiger partial charge in [0.15, 0.2) is 0 Å². The van der Waals surface area contributed by atoms with Crippen LogP contribution in [0.3, 0.4) is 0 Å². The molecule has 0 amide bonds. The van der Waals surface area contributed by atoms with Crippen LogP contribution >= 0.6 is 0 Å². The Morgan fingerprint density at radius 1 is 0.472 bits per heavy atom. The van der Waals surface area contributed by atoms with Gasteiger partial charge in [-0.2, -0.15) is 0 Å². The van der Waals surface area contributed by atoms with Crippen LogP contribution in [-0.2, 0) is 21.7 Å². The first kappa shape index (κ1) is 44.8. The van der Waals surface area contributed by atoms with Gasteiger partial charge in [-0.25, -0.2) is 0 Å². The summed E-state index contributed by atoms with van der Waals surface area (Å²) in [7, 11) is 0. The Labute approximate surface area is 427 Å². The summed E-state index contributed by atoms with van der Waals surface area (Å²) in [6.07, 6.45) is 2.38. The molecule has 0 radical (unpaired) electrons. The van der Waals surface area contributed by atoms with Crippen LogP contribution in [0.2, 0.25) is 0 Å². The fraction of sp³-hybridized carbons (Fsp3) is 0.246. The lowest BCUT2D eigenvalue weighted by molar-refractivity contribution is 0.332. The maximum absolute atomic E-state index is 2.72. The molecule has 0 fully saturated rings. The zero-order valence-corrected chi connectivity index (χ0v) is 44.1. The smallest absolute Gasteiger partial charge is 0.333 e. The molecule has 2 aliphatic heterocycles. The summed E-state index contributed by atoms with van der Waals surface area (Å²) in [6, 6.07) is 66.2. The monoisotopic (exact) mass is 933 g/mol. The Kier molecular flexibility index (Phi) is 9.62. The number of benzene rings is 9. The first-order valence-electron chi connectivity index (χ1n) is 26.4. The SMILES string of the molecule is Cc1cc2c(cc1-c1cc3c4c(c1)N(c1ccc(-c5ccc(C(C)(C)C)cc5)cc1)c1ccc(-c5ccc(C(C)(C)C)cc5)cc1B4n1c4ccc5ccccc5c4c4cccc-3c41)C(C)(C)CCC2(C)C. The summed E-state index contributed by atoms with van der Waals surface area (Å²) >= 11 is 0. The number of rotatable bonds is 4. The van der Waals surface area contributed by atoms with Crippen molar-refractivity contribution >= 4 is 67.4 Å². The molecule has 1 aliphatic carbocycles. The van der Waals surface area contributed by atoms with E-state index < -0.39 is 0 Å². The van der Waals surface area contributed by atoms with E-state index in [9.17, 15) is 0 Å². The average Bonchev–Trinajstić information content (AvgIpc) is 3.71. The third kappa shape index (κ3) is 6.76. The van der Waals surface area contributed by atoms with Gasteiger partial charge in [-0.1, -0.05) is 203 Å². The molecular formula is C69H65BN2. The van der Waals surface area contributed by atoms with Gasteiger partial charge in [0, 0.05) is 44.4 Å². The molecule has 0 saturated heterocycles. The quantitative estimate of drug-likeness (QED) is 0.160. The molecular weight excluding hydrogens is 868 g/mol. The van der Waals surface area contributed by atoms with Crippen LogP contribution < -0.4 is 15.8 Å². The van der Waals surface area contributed by atoms with Crippen LogP contribution in [0.4, 0.5) is 17.1 Å². The second-order valence-electron chi connectivity index (χ2n) is 24.9. The summed E-state index contributed by atoms with van der Waals surface area (Å²) in [4.78, 5) is 2.60. The van der Waals surface area contributed by atoms with E-state index in [1.807, 2.05) is 0 Å². The van der Waals surface area contributed by atoms with Crippen molar-refractivity contribution in [2.24, 2.45) is 0 Å². The number of para-hydroxylation sites is 1. The van der Waals surface area contributed by atoms with E-state index in [0.717, 1.165) is 5.69 Å². The van der Waals surface area contributed by atoms with Gasteiger partial charge in [0.05, 0.1) is 0 Å². The van der Waals surface area contributed by atoms with Crippen LogP contribution in [0.5, 0.6) is 0 Å². The van der Waals surface area contributed by atoms with Crippen LogP contribution in [0, 0.1) is 6.92 Å². The lowest BCUT2D eigenvalue weighted by Gasteiger charge is -2.43. The van der Waals surface area contributed by atoms with Crippen LogP contribution in [0.1, 0.15) is 110 Å². The molecule has 3 heteroatoms. The van der Waals surface area contributed by atoms with Gasteiger partial charge in [-0.15, -0.1) is 0 Å². The minimum Gasteiger partial charge on any atom is -0.375 e. The third-order valence-corrected chi connectivity index (χ3v) is 17.3. The first-order valence-corrected chi connectivity index (χ1v) is 26.4. The summed E-state index contributed by atoms with van der Waals surface area (Å²) in [6.45, 7) is 25.8. The second kappa shape index (κ2) is 15.5. The third-order valence-electron chi connectivity index (χ3n) is 17.3. The molecule has 354 valence electrons. The van der Waals surface area contributed by atoms with Crippen molar-refractivity contribution in [1.29, 1.82) is 0 Å². The van der Waals surface area contributed by atoms with E-state index in [0.29, 0.717) is 0 Å². The molecule has 72 heavy (non-hydrogen) atoms. The standard InChI is InChI=1S/C69H65BN2/c1-42-37-57-58(69(10,11)36-35-68(57,8)9)41-55(42)48-38-56-53-17-14-18-54-63-52-16-13-12-15-46(52)25-34-61(63)72(65(53)54)70-59-39-47(45-21-29-50(30-22-45)67(5,6)7)26-33-60(59)71(62(40-48)64(56)70)51-31-23-44(24-32-51)43-19-27-49(28-20-43)66(2,3)4/h12-34,37-41H,35-36H2,1-11H3. The van der Waals surface area contributed by atoms with Crippen molar-refractivity contribution in [1.82, 2.24) is 4.48 Å². The van der Waals surface area contributed by atoms with Gasteiger partial charge >= 0.3 is 6.85 Å². The van der Waals surface area contributed by atoms with Crippen LogP contribution in [0.25, 0.3) is 77.1 Å². The van der Waals surface area contributed by atoms with Crippen molar-refractivity contribution in [3.05, 3.63) is 198 Å². The molecule has 0 saturated carbocycles. The second-order valence-corrected chi connectivity index (χ2v) is 24.9. The Morgan fingerprint density at radius 2 is 1.06 bits per heavy atom. The summed E-state index contributed by atoms with van der Waals surface area (Å²) in [5, 5.41) is 5.22. The van der Waals surface area contributed by atoms with Crippen LogP contribution in [0.15, 0.2) is 170 Å². The Bertz CT molecular complexity index is 3870. The first-order chi connectivity index (χ1) is 34.4. The fourth-order valence-electron chi connectivity index (χ4n) is 13.0. The number of hydrogen-bond donors (Lipinski definition) is 0. The number of anilines is 3. The van der Waals surface area contributed by atoms with Crippen molar-refractivity contribution in [2.75, 3.05) is 4.90 Å². The van der Waals surface area contributed by atoms with Crippen molar-refractivity contribution in [2.45, 2.75) is 111 Å². The largest absolute Gasteiger partial charge is 0.375 e. The van der Waals surface area contributed by atoms with Gasteiger partial charge in [0.1, 0.15) is 0 Å². The predicted molar refractivity (Wildman–Crippen MR) is 311 cm³/mol. The highest BCUT2D eigenvalue weighted by atomic mass is 15.2. The molecule has 1 aromatic heterocycles. The molecule has 3 heterocycles. The Hall–Kier alpha value is -7.10. The van der Waals surface area contributed by atoms with Crippen molar-refractivity contribution in [3.63, 3.8) is 0 Å². The number of aromatic nitrogens is 1. The molecule has 0 spiro atoms. The highest BCUT2D eigenvalue weighted by Gasteiger charge is 2.44. The summed E-state index contributed by atoms with van der Waals surface area (Å²) in [5.41, 5.74) is 26.4. The number of nitrogens with zero attached hydrogens (tertiary/aromatic N) is 2. The molecule has 10 aromatic rings. The predicted octanol–water partition coefficient (Wildman–Crippen LogP) is 17.6. The highest BCUT2D eigenvalue weighted by molar-refractivity contribution is 6.90. The Morgan fingerprint density at radius 3 is 1.71 bits per heavy atom. The van der Waals surface area contributed by atoms with Gasteiger partial charge in [0.2, 0.25) is 0 Å². The van der Waals surface area contributed by atoms with Gasteiger partial charge in [-0.3, -0.25) is 0 Å². The maximum Gasteiger partial charge on any atom is 0.333 e. The molecule has 3 aliphatic rings. The summed E-state index contributed by atoms with van der Waals surface area (Å²) in [5.74, 6) is 0. The highest BCUT2D eigenvalue weighted by Crippen LogP contribution is 2.51. The number of aryl methyl sites for hydroxylation is 1. The van der Waals surface area contributed by atoms with Gasteiger partial charge in [-0.05, 0) is 166 Å². The number of fused-ring (bicyclic) bond motifs is 10. The molecule has 13 rings (SSSR count). The molecule has 2 nitrogen and oxygen atoms in total. The molecule has 9 aromatic carbocycles. The van der Waals surface area contributed by atoms with Gasteiger partial charge < -0.3 is 9.38 Å². The maximum atomic E-state index is 2.72. The lowest BCUT2D eigenvalue weighted by Crippen LogP contribution is -2.56. The Balaban J connectivity index is 1.11. The van der Waals surface area contributed by atoms with Gasteiger partial charge in [0.25, 0.3) is 0 Å². The van der Waals surface area contributed by atoms with Crippen molar-refractivity contribution < 1.29 is 0 Å². The van der Waals surface area contributed by atoms with Crippen molar-refractivity contribution in [3.8, 4) is 44.5 Å². The lowest BCUT2D eigenvalue weighted by atomic mass is 9.44. The topological polar surface area (TPSA) is 8.17 Å². The fourth-order valence-corrected chi connectivity index (χ4v) is 13.0. The normalized spacial score (nSPS) is 15.5. The minimum absolute atomic E-state index is 0.0736. The van der Waals surface area contributed by atoms with E-state index in [2.05, 4.69) is 255 Å². The number of hydrogen-bond acceptors (Lipinski definition) is 1. The minimum atomic E-state index is -0.0786. The summed E-state index contributed by atoms with van der Waals surface area (Å²) < 4.78 is 2.72. The zero-order chi connectivity index (χ0) is 49.8. The molecule has 0 atom stereocenters. The van der Waals surface area contributed by atoms with E-state index >= 15 is 0 Å². The van der Waals surface area contributed by atoms with E-state index in [4.69, 9.17) is 0 Å². The molecule has 0 N–H and O–H groups in total.